The van der Waals surface area contributed by atoms with Crippen LogP contribution >= 0.6 is 11.3 Å². The second-order valence-electron chi connectivity index (χ2n) is 5.24. The lowest BCUT2D eigenvalue weighted by Gasteiger charge is -2.31. The third-order valence-electron chi connectivity index (χ3n) is 3.63. The number of carbonyl (C=O) groups is 2. The zero-order chi connectivity index (χ0) is 16.3. The lowest BCUT2D eigenvalue weighted by atomic mass is 9.97. The van der Waals surface area contributed by atoms with Crippen molar-refractivity contribution in [3.63, 3.8) is 0 Å². The SMILES string of the molecule is CNC(=O)C1CCCN(C(=O)Cc2ccc(S(N)(=O)=O)s2)C1. The molecule has 1 atom stereocenters. The summed E-state index contributed by atoms with van der Waals surface area (Å²) in [6.07, 6.45) is 1.69. The number of thiophene rings is 1. The molecule has 1 unspecified atom stereocenters. The Kier molecular flexibility index (Phi) is 5.20. The second kappa shape index (κ2) is 6.76. The molecule has 2 rings (SSSR count). The largest absolute Gasteiger partial charge is 0.359 e. The minimum atomic E-state index is -3.73. The quantitative estimate of drug-likeness (QED) is 0.795. The van der Waals surface area contributed by atoms with Crippen molar-refractivity contribution in [2.24, 2.45) is 11.1 Å². The molecule has 0 aromatic carbocycles. The van der Waals surface area contributed by atoms with E-state index < -0.39 is 10.0 Å². The Labute approximate surface area is 133 Å². The van der Waals surface area contributed by atoms with Crippen molar-refractivity contribution in [3.8, 4) is 0 Å². The van der Waals surface area contributed by atoms with Gasteiger partial charge in [-0.25, -0.2) is 13.6 Å². The number of hydrogen-bond acceptors (Lipinski definition) is 5. The number of nitrogens with one attached hydrogen (secondary N) is 1. The number of amides is 2. The number of sulfonamides is 1. The number of hydrogen-bond donors (Lipinski definition) is 2. The fourth-order valence-electron chi connectivity index (χ4n) is 2.49. The minimum absolute atomic E-state index is 0.0508. The van der Waals surface area contributed by atoms with E-state index in [1.807, 2.05) is 0 Å². The van der Waals surface area contributed by atoms with Crippen LogP contribution in [0.5, 0.6) is 0 Å². The maximum Gasteiger partial charge on any atom is 0.247 e. The maximum absolute atomic E-state index is 12.3. The Bertz CT molecular complexity index is 669. The van der Waals surface area contributed by atoms with Gasteiger partial charge in [-0.15, -0.1) is 11.3 Å². The molecule has 1 aliphatic rings. The van der Waals surface area contributed by atoms with E-state index in [2.05, 4.69) is 5.32 Å². The summed E-state index contributed by atoms with van der Waals surface area (Å²) >= 11 is 1.00. The Morgan fingerprint density at radius 2 is 2.18 bits per heavy atom. The smallest absolute Gasteiger partial charge is 0.247 e. The molecular weight excluding hydrogens is 326 g/mol. The van der Waals surface area contributed by atoms with E-state index in [1.54, 1.807) is 18.0 Å². The molecule has 22 heavy (non-hydrogen) atoms. The summed E-state index contributed by atoms with van der Waals surface area (Å²) in [5.41, 5.74) is 0. The summed E-state index contributed by atoms with van der Waals surface area (Å²) in [6.45, 7) is 1.03. The molecule has 0 bridgehead atoms. The molecule has 1 aromatic heterocycles. The number of primary sulfonamides is 1. The van der Waals surface area contributed by atoms with Gasteiger partial charge in [-0.3, -0.25) is 9.59 Å². The number of nitrogens with two attached hydrogens (primary N) is 1. The summed E-state index contributed by atoms with van der Waals surface area (Å²) in [7, 11) is -2.14. The first-order valence-electron chi connectivity index (χ1n) is 6.92. The summed E-state index contributed by atoms with van der Waals surface area (Å²) in [5, 5.41) is 7.66. The van der Waals surface area contributed by atoms with Crippen LogP contribution < -0.4 is 10.5 Å². The molecule has 1 aliphatic heterocycles. The van der Waals surface area contributed by atoms with Gasteiger partial charge in [0, 0.05) is 25.0 Å². The molecule has 2 heterocycles. The summed E-state index contributed by atoms with van der Waals surface area (Å²) in [6, 6.07) is 3.01. The fraction of sp³-hybridized carbons (Fsp3) is 0.538. The first-order chi connectivity index (χ1) is 10.3. The van der Waals surface area contributed by atoms with Gasteiger partial charge >= 0.3 is 0 Å². The van der Waals surface area contributed by atoms with E-state index in [9.17, 15) is 18.0 Å². The van der Waals surface area contributed by atoms with Crippen molar-refractivity contribution in [2.75, 3.05) is 20.1 Å². The standard InChI is InChI=1S/C13H19N3O4S2/c1-15-13(18)9-3-2-6-16(8-9)11(17)7-10-4-5-12(21-10)22(14,19)20/h4-5,9H,2-3,6-8H2,1H3,(H,15,18)(H2,14,19,20). The fourth-order valence-corrected chi connectivity index (χ4v) is 4.26. The van der Waals surface area contributed by atoms with Crippen LogP contribution in [0.1, 0.15) is 17.7 Å². The predicted molar refractivity (Wildman–Crippen MR) is 82.8 cm³/mol. The zero-order valence-corrected chi connectivity index (χ0v) is 13.9. The van der Waals surface area contributed by atoms with E-state index in [1.165, 1.54) is 6.07 Å². The van der Waals surface area contributed by atoms with Crippen LogP contribution in [0.2, 0.25) is 0 Å². The van der Waals surface area contributed by atoms with Crippen LogP contribution in [0.4, 0.5) is 0 Å². The van der Waals surface area contributed by atoms with Gasteiger partial charge < -0.3 is 10.2 Å². The van der Waals surface area contributed by atoms with Crippen LogP contribution in [0.3, 0.4) is 0 Å². The first-order valence-corrected chi connectivity index (χ1v) is 9.28. The van der Waals surface area contributed by atoms with E-state index >= 15 is 0 Å². The summed E-state index contributed by atoms with van der Waals surface area (Å²) in [4.78, 5) is 26.3. The van der Waals surface area contributed by atoms with Crippen molar-refractivity contribution in [2.45, 2.75) is 23.5 Å². The second-order valence-corrected chi connectivity index (χ2v) is 8.19. The molecule has 2 amide bonds. The molecule has 3 N–H and O–H groups in total. The van der Waals surface area contributed by atoms with Crippen LogP contribution in [-0.2, 0) is 26.0 Å². The molecule has 1 saturated heterocycles. The van der Waals surface area contributed by atoms with Gasteiger partial charge in [0.1, 0.15) is 4.21 Å². The molecule has 0 spiro atoms. The monoisotopic (exact) mass is 345 g/mol. The number of piperidine rings is 1. The van der Waals surface area contributed by atoms with Crippen molar-refractivity contribution in [1.29, 1.82) is 0 Å². The molecule has 1 fully saturated rings. The third-order valence-corrected chi connectivity index (χ3v) is 6.16. The molecule has 1 aromatic rings. The lowest BCUT2D eigenvalue weighted by Crippen LogP contribution is -2.45. The average molecular weight is 345 g/mol. The van der Waals surface area contributed by atoms with E-state index in [0.29, 0.717) is 18.0 Å². The molecule has 0 aliphatic carbocycles. The molecule has 122 valence electrons. The van der Waals surface area contributed by atoms with Gasteiger partial charge in [-0.05, 0) is 25.0 Å². The van der Waals surface area contributed by atoms with Gasteiger partial charge in [-0.1, -0.05) is 0 Å². The van der Waals surface area contributed by atoms with Crippen LogP contribution in [0.15, 0.2) is 16.3 Å². The van der Waals surface area contributed by atoms with E-state index in [0.717, 1.165) is 24.2 Å². The Morgan fingerprint density at radius 3 is 2.77 bits per heavy atom. The molecule has 9 heteroatoms. The highest BCUT2D eigenvalue weighted by molar-refractivity contribution is 7.91. The van der Waals surface area contributed by atoms with Crippen molar-refractivity contribution in [1.82, 2.24) is 10.2 Å². The number of likely N-dealkylation sites (tertiary alicyclic amines) is 1. The van der Waals surface area contributed by atoms with Gasteiger partial charge in [0.15, 0.2) is 0 Å². The van der Waals surface area contributed by atoms with Crippen LogP contribution in [0, 0.1) is 5.92 Å². The van der Waals surface area contributed by atoms with Gasteiger partial charge in [-0.2, -0.15) is 0 Å². The van der Waals surface area contributed by atoms with Gasteiger partial charge in [0.25, 0.3) is 0 Å². The van der Waals surface area contributed by atoms with E-state index in [-0.39, 0.29) is 28.4 Å². The van der Waals surface area contributed by atoms with Gasteiger partial charge in [0.05, 0.1) is 12.3 Å². The first kappa shape index (κ1) is 16.9. The Morgan fingerprint density at radius 1 is 1.45 bits per heavy atom. The summed E-state index contributed by atoms with van der Waals surface area (Å²) < 4.78 is 22.5. The number of carbonyl (C=O) groups excluding carboxylic acids is 2. The van der Waals surface area contributed by atoms with Crippen molar-refractivity contribution < 1.29 is 18.0 Å². The predicted octanol–water partition coefficient (Wildman–Crippen LogP) is -0.0774. The summed E-state index contributed by atoms with van der Waals surface area (Å²) in [5.74, 6) is -0.326. The van der Waals surface area contributed by atoms with Crippen molar-refractivity contribution in [3.05, 3.63) is 17.0 Å². The Balaban J connectivity index is 2.00. The lowest BCUT2D eigenvalue weighted by molar-refractivity contribution is -0.135. The molecule has 0 saturated carbocycles. The molecule has 7 nitrogen and oxygen atoms in total. The minimum Gasteiger partial charge on any atom is -0.359 e. The highest BCUT2D eigenvalue weighted by Gasteiger charge is 2.28. The van der Waals surface area contributed by atoms with Gasteiger partial charge in [0.2, 0.25) is 21.8 Å². The highest BCUT2D eigenvalue weighted by Crippen LogP contribution is 2.23. The normalized spacial score (nSPS) is 19.0. The Hall–Kier alpha value is -1.45. The van der Waals surface area contributed by atoms with E-state index in [4.69, 9.17) is 5.14 Å². The van der Waals surface area contributed by atoms with Crippen LogP contribution in [-0.4, -0.2) is 45.3 Å². The number of nitrogens with zero attached hydrogens (tertiary/aromatic N) is 1. The average Bonchev–Trinajstić information content (AvgIpc) is 2.95. The number of rotatable bonds is 4. The molecular formula is C13H19N3O4S2. The topological polar surface area (TPSA) is 110 Å². The highest BCUT2D eigenvalue weighted by atomic mass is 32.2. The van der Waals surface area contributed by atoms with Crippen LogP contribution in [0.25, 0.3) is 0 Å². The molecule has 0 radical (unpaired) electrons. The maximum atomic E-state index is 12.3. The van der Waals surface area contributed by atoms with Crippen molar-refractivity contribution >= 4 is 33.2 Å². The third kappa shape index (κ3) is 4.05. The zero-order valence-electron chi connectivity index (χ0n) is 12.2.